The molecule has 0 N–H and O–H groups in total. The summed E-state index contributed by atoms with van der Waals surface area (Å²) in [7, 11) is -3.54. The molecule has 3 aromatic rings. The number of hydrogen-bond donors (Lipinski definition) is 0. The predicted octanol–water partition coefficient (Wildman–Crippen LogP) is 3.01. The maximum atomic E-state index is 12.6. The zero-order valence-corrected chi connectivity index (χ0v) is 18.2. The highest BCUT2D eigenvalue weighted by Gasteiger charge is 2.26. The second-order valence-electron chi connectivity index (χ2n) is 6.70. The Balaban J connectivity index is 1.38. The van der Waals surface area contributed by atoms with Crippen molar-refractivity contribution in [2.24, 2.45) is 0 Å². The van der Waals surface area contributed by atoms with E-state index in [-0.39, 0.29) is 4.90 Å². The third-order valence-electron chi connectivity index (χ3n) is 4.75. The highest BCUT2D eigenvalue weighted by atomic mass is 32.2. The van der Waals surface area contributed by atoms with Crippen LogP contribution in [0.3, 0.4) is 0 Å². The van der Waals surface area contributed by atoms with Crippen LogP contribution < -0.4 is 0 Å². The normalized spacial score (nSPS) is 15.4. The van der Waals surface area contributed by atoms with E-state index in [0.29, 0.717) is 48.8 Å². The molecule has 1 aliphatic rings. The van der Waals surface area contributed by atoms with Crippen LogP contribution in [0.1, 0.15) is 18.4 Å². The lowest BCUT2D eigenvalue weighted by Gasteiger charge is -2.25. The van der Waals surface area contributed by atoms with E-state index in [1.165, 1.54) is 27.8 Å². The summed E-state index contributed by atoms with van der Waals surface area (Å²) < 4.78 is 37.3. The van der Waals surface area contributed by atoms with Crippen molar-refractivity contribution < 1.29 is 17.7 Å². The van der Waals surface area contributed by atoms with Crippen molar-refractivity contribution in [2.75, 3.05) is 26.3 Å². The number of benzene rings is 1. The van der Waals surface area contributed by atoms with E-state index in [9.17, 15) is 8.42 Å². The molecule has 0 saturated carbocycles. The van der Waals surface area contributed by atoms with E-state index in [1.54, 1.807) is 12.1 Å². The first-order valence-electron chi connectivity index (χ1n) is 9.65. The van der Waals surface area contributed by atoms with Gasteiger partial charge in [-0.15, -0.1) is 0 Å². The van der Waals surface area contributed by atoms with Gasteiger partial charge < -0.3 is 9.26 Å². The Labute approximate surface area is 179 Å². The summed E-state index contributed by atoms with van der Waals surface area (Å²) >= 11 is 1.41. The molecule has 1 saturated heterocycles. The molecular weight excluding hydrogens is 424 g/mol. The van der Waals surface area contributed by atoms with Crippen molar-refractivity contribution >= 4 is 21.8 Å². The zero-order chi connectivity index (χ0) is 21.0. The van der Waals surface area contributed by atoms with E-state index < -0.39 is 10.0 Å². The number of nitrogens with zero attached hydrogens (tertiary/aromatic N) is 4. The number of hydrogen-bond acceptors (Lipinski definition) is 8. The molecule has 30 heavy (non-hydrogen) atoms. The Morgan fingerprint density at radius 2 is 1.87 bits per heavy atom. The quantitative estimate of drug-likeness (QED) is 0.511. The summed E-state index contributed by atoms with van der Waals surface area (Å²) in [5, 5.41) is 4.72. The Bertz CT molecular complexity index is 1080. The third-order valence-corrected chi connectivity index (χ3v) is 7.56. The summed E-state index contributed by atoms with van der Waals surface area (Å²) in [5.74, 6) is 1.48. The number of aryl methyl sites for hydroxylation is 1. The maximum absolute atomic E-state index is 12.6. The second-order valence-corrected chi connectivity index (χ2v) is 9.63. The first kappa shape index (κ1) is 21.0. The van der Waals surface area contributed by atoms with Crippen LogP contribution in [0.5, 0.6) is 0 Å². The SMILES string of the molecule is CCc1ccc(-c2noc(CSc3ccc(S(=O)(=O)N4CCOCC4)cn3)n2)cc1. The lowest BCUT2D eigenvalue weighted by atomic mass is 10.1. The van der Waals surface area contributed by atoms with Crippen molar-refractivity contribution in [1.29, 1.82) is 0 Å². The van der Waals surface area contributed by atoms with Crippen molar-refractivity contribution in [2.45, 2.75) is 29.0 Å². The fourth-order valence-corrected chi connectivity index (χ4v) is 5.03. The minimum absolute atomic E-state index is 0.185. The second kappa shape index (κ2) is 9.25. The van der Waals surface area contributed by atoms with Crippen molar-refractivity contribution in [1.82, 2.24) is 19.4 Å². The monoisotopic (exact) mass is 446 g/mol. The van der Waals surface area contributed by atoms with Crippen LogP contribution in [0.15, 0.2) is 57.0 Å². The van der Waals surface area contributed by atoms with Gasteiger partial charge in [-0.25, -0.2) is 13.4 Å². The van der Waals surface area contributed by atoms with Crippen LogP contribution in [0.4, 0.5) is 0 Å². The van der Waals surface area contributed by atoms with Crippen LogP contribution in [0.25, 0.3) is 11.4 Å². The van der Waals surface area contributed by atoms with Gasteiger partial charge in [-0.3, -0.25) is 0 Å². The minimum Gasteiger partial charge on any atom is -0.379 e. The molecule has 1 aliphatic heterocycles. The van der Waals surface area contributed by atoms with Gasteiger partial charge in [0, 0.05) is 24.8 Å². The molecule has 0 unspecified atom stereocenters. The average Bonchev–Trinajstić information content (AvgIpc) is 3.28. The lowest BCUT2D eigenvalue weighted by Crippen LogP contribution is -2.40. The molecule has 4 rings (SSSR count). The molecule has 1 fully saturated rings. The fraction of sp³-hybridized carbons (Fsp3) is 0.350. The lowest BCUT2D eigenvalue weighted by molar-refractivity contribution is 0.0730. The zero-order valence-electron chi connectivity index (χ0n) is 16.5. The summed E-state index contributed by atoms with van der Waals surface area (Å²) in [6, 6.07) is 11.3. The van der Waals surface area contributed by atoms with E-state index in [4.69, 9.17) is 9.26 Å². The first-order chi connectivity index (χ1) is 14.6. The number of thioether (sulfide) groups is 1. The number of morpholine rings is 1. The van der Waals surface area contributed by atoms with Crippen molar-refractivity contribution in [3.8, 4) is 11.4 Å². The molecule has 8 nitrogen and oxygen atoms in total. The summed E-state index contributed by atoms with van der Waals surface area (Å²) in [4.78, 5) is 8.89. The van der Waals surface area contributed by atoms with Crippen LogP contribution in [-0.2, 0) is 26.9 Å². The van der Waals surface area contributed by atoms with Gasteiger partial charge in [-0.2, -0.15) is 9.29 Å². The Morgan fingerprint density at radius 3 is 2.53 bits per heavy atom. The molecule has 158 valence electrons. The third kappa shape index (κ3) is 4.72. The smallest absolute Gasteiger partial charge is 0.244 e. The molecule has 0 aliphatic carbocycles. The number of aromatic nitrogens is 3. The van der Waals surface area contributed by atoms with Crippen molar-refractivity contribution in [3.05, 3.63) is 54.0 Å². The molecule has 1 aromatic carbocycles. The molecular formula is C20H22N4O4S2. The molecule has 0 atom stereocenters. The Hall–Kier alpha value is -2.27. The highest BCUT2D eigenvalue weighted by molar-refractivity contribution is 7.98. The molecule has 0 spiro atoms. The summed E-state index contributed by atoms with van der Waals surface area (Å²) in [6.07, 6.45) is 2.37. The van der Waals surface area contributed by atoms with Crippen molar-refractivity contribution in [3.63, 3.8) is 0 Å². The summed E-state index contributed by atoms with van der Waals surface area (Å²) in [5.41, 5.74) is 2.16. The first-order valence-corrected chi connectivity index (χ1v) is 12.1. The topological polar surface area (TPSA) is 98.4 Å². The van der Waals surface area contributed by atoms with Crippen LogP contribution in [0.2, 0.25) is 0 Å². The molecule has 0 radical (unpaired) electrons. The van der Waals surface area contributed by atoms with E-state index in [1.807, 2.05) is 12.1 Å². The molecule has 0 amide bonds. The van der Waals surface area contributed by atoms with Gasteiger partial charge in [0.05, 0.1) is 24.0 Å². The van der Waals surface area contributed by atoms with Gasteiger partial charge >= 0.3 is 0 Å². The fourth-order valence-electron chi connectivity index (χ4n) is 3.00. The summed E-state index contributed by atoms with van der Waals surface area (Å²) in [6.45, 7) is 3.65. The number of rotatable bonds is 7. The van der Waals surface area contributed by atoms with Gasteiger partial charge in [0.25, 0.3) is 0 Å². The molecule has 3 heterocycles. The van der Waals surface area contributed by atoms with Gasteiger partial charge in [0.15, 0.2) is 0 Å². The molecule has 10 heteroatoms. The number of pyridine rings is 1. The average molecular weight is 447 g/mol. The van der Waals surface area contributed by atoms with Gasteiger partial charge in [0.2, 0.25) is 21.7 Å². The number of sulfonamides is 1. The van der Waals surface area contributed by atoms with E-state index in [2.05, 4.69) is 34.2 Å². The standard InChI is InChI=1S/C20H22N4O4S2/c1-2-15-3-5-16(6-4-15)20-22-18(28-23-20)14-29-19-8-7-17(13-21-19)30(25,26)24-9-11-27-12-10-24/h3-8,13H,2,9-12,14H2,1H3. The van der Waals surface area contributed by atoms with E-state index >= 15 is 0 Å². The van der Waals surface area contributed by atoms with Crippen LogP contribution in [0, 0.1) is 0 Å². The number of ether oxygens (including phenoxy) is 1. The molecule has 2 aromatic heterocycles. The van der Waals surface area contributed by atoms with Gasteiger partial charge in [0.1, 0.15) is 4.90 Å². The predicted molar refractivity (Wildman–Crippen MR) is 112 cm³/mol. The highest BCUT2D eigenvalue weighted by Crippen LogP contribution is 2.24. The Morgan fingerprint density at radius 1 is 1.10 bits per heavy atom. The van der Waals surface area contributed by atoms with E-state index in [0.717, 1.165) is 12.0 Å². The molecule has 0 bridgehead atoms. The minimum atomic E-state index is -3.54. The van der Waals surface area contributed by atoms with Gasteiger partial charge in [-0.1, -0.05) is 48.1 Å². The Kier molecular flexibility index (Phi) is 6.47. The van der Waals surface area contributed by atoms with Crippen LogP contribution >= 0.6 is 11.8 Å². The largest absolute Gasteiger partial charge is 0.379 e. The van der Waals surface area contributed by atoms with Crippen LogP contribution in [-0.4, -0.2) is 54.2 Å². The van der Waals surface area contributed by atoms with Gasteiger partial charge in [-0.05, 0) is 24.1 Å². The maximum Gasteiger partial charge on any atom is 0.244 e.